The van der Waals surface area contributed by atoms with Gasteiger partial charge in [-0.15, -0.1) is 0 Å². The first-order chi connectivity index (χ1) is 14.2. The Bertz CT molecular complexity index is 1490. The molecule has 1 aromatic heterocycles. The van der Waals surface area contributed by atoms with Gasteiger partial charge in [0.15, 0.2) is 0 Å². The van der Waals surface area contributed by atoms with Gasteiger partial charge < -0.3 is 4.42 Å². The summed E-state index contributed by atoms with van der Waals surface area (Å²) in [7, 11) is 0. The smallest absolute Gasteiger partial charge is 0.136 e. The molecule has 3 nitrogen and oxygen atoms in total. The molecule has 0 amide bonds. The summed E-state index contributed by atoms with van der Waals surface area (Å²) in [6, 6.07) is 23.8. The molecule has 3 heteroatoms. The topological polar surface area (TPSA) is 37.9 Å². The van der Waals surface area contributed by atoms with E-state index < -0.39 is 0 Å². The molecule has 0 radical (unpaired) electrons. The van der Waals surface area contributed by atoms with Crippen LogP contribution in [0.25, 0.3) is 43.5 Å². The van der Waals surface area contributed by atoms with Crippen LogP contribution in [0.3, 0.4) is 0 Å². The summed E-state index contributed by atoms with van der Waals surface area (Å²) >= 11 is 0. The molecule has 6 rings (SSSR count). The number of aliphatic imine (C=N–C) groups is 2. The number of benzene rings is 4. The first-order valence-electron chi connectivity index (χ1n) is 10.1. The van der Waals surface area contributed by atoms with Crippen molar-refractivity contribution in [1.82, 2.24) is 0 Å². The molecule has 0 fully saturated rings. The maximum atomic E-state index is 6.19. The van der Waals surface area contributed by atoms with Crippen LogP contribution in [0.5, 0.6) is 0 Å². The second-order valence-corrected chi connectivity index (χ2v) is 8.14. The molecule has 0 saturated heterocycles. The summed E-state index contributed by atoms with van der Waals surface area (Å²) < 4.78 is 6.19. The molecule has 140 valence electrons. The van der Waals surface area contributed by atoms with E-state index in [0.717, 1.165) is 27.8 Å². The number of furan rings is 1. The Morgan fingerprint density at radius 3 is 2.41 bits per heavy atom. The largest absolute Gasteiger partial charge is 0.456 e. The molecule has 0 spiro atoms. The van der Waals surface area contributed by atoms with Gasteiger partial charge >= 0.3 is 0 Å². The molecule has 1 aliphatic rings. The normalized spacial score (nSPS) is 16.7. The Hall–Kier alpha value is -3.46. The third kappa shape index (κ3) is 2.44. The molecule has 0 saturated carbocycles. The second-order valence-electron chi connectivity index (χ2n) is 8.14. The van der Waals surface area contributed by atoms with Crippen molar-refractivity contribution in [3.05, 3.63) is 72.3 Å². The third-order valence-corrected chi connectivity index (χ3v) is 5.95. The molecule has 1 atom stereocenters. The van der Waals surface area contributed by atoms with Gasteiger partial charge in [-0.25, -0.2) is 4.99 Å². The lowest BCUT2D eigenvalue weighted by Crippen LogP contribution is -2.22. The van der Waals surface area contributed by atoms with E-state index in [2.05, 4.69) is 90.6 Å². The minimum atomic E-state index is 0.117. The standard InChI is InChI=1S/C26H20N2O/c1-15(2)25-26(28-14-27-25)19-8-9-22-21(13-19)24-20-12-17-6-4-3-5-16(17)11-18(20)7-10-23(24)29-22/h3-15,25H,1-2H3. The van der Waals surface area contributed by atoms with Crippen molar-refractivity contribution in [1.29, 1.82) is 0 Å². The zero-order chi connectivity index (χ0) is 19.5. The Kier molecular flexibility index (Phi) is 3.42. The van der Waals surface area contributed by atoms with E-state index in [9.17, 15) is 0 Å². The van der Waals surface area contributed by atoms with Gasteiger partial charge in [0.1, 0.15) is 17.5 Å². The van der Waals surface area contributed by atoms with E-state index in [4.69, 9.17) is 4.42 Å². The van der Waals surface area contributed by atoms with E-state index in [-0.39, 0.29) is 6.04 Å². The van der Waals surface area contributed by atoms with Crippen molar-refractivity contribution in [3.63, 3.8) is 0 Å². The van der Waals surface area contributed by atoms with Crippen LogP contribution >= 0.6 is 0 Å². The molecule has 0 bridgehead atoms. The highest BCUT2D eigenvalue weighted by atomic mass is 16.3. The fraction of sp³-hybridized carbons (Fsp3) is 0.154. The lowest BCUT2D eigenvalue weighted by molar-refractivity contribution is 0.604. The Balaban J connectivity index is 1.65. The van der Waals surface area contributed by atoms with Crippen LogP contribution in [-0.4, -0.2) is 18.1 Å². The van der Waals surface area contributed by atoms with Crippen LogP contribution in [-0.2, 0) is 0 Å². The van der Waals surface area contributed by atoms with Crippen molar-refractivity contribution in [2.75, 3.05) is 0 Å². The van der Waals surface area contributed by atoms with E-state index in [1.165, 1.54) is 26.9 Å². The fourth-order valence-electron chi connectivity index (χ4n) is 4.50. The van der Waals surface area contributed by atoms with E-state index >= 15 is 0 Å². The van der Waals surface area contributed by atoms with Crippen LogP contribution < -0.4 is 0 Å². The van der Waals surface area contributed by atoms with Crippen LogP contribution in [0.2, 0.25) is 0 Å². The lowest BCUT2D eigenvalue weighted by Gasteiger charge is -2.14. The molecule has 0 aliphatic carbocycles. The first kappa shape index (κ1) is 16.5. The number of fused-ring (bicyclic) bond motifs is 6. The molecule has 4 aromatic carbocycles. The molecule has 1 unspecified atom stereocenters. The van der Waals surface area contributed by atoms with Gasteiger partial charge in [0.05, 0.1) is 11.8 Å². The summed E-state index contributed by atoms with van der Waals surface area (Å²) in [5, 5.41) is 7.26. The summed E-state index contributed by atoms with van der Waals surface area (Å²) in [5.74, 6) is 0.413. The quantitative estimate of drug-likeness (QED) is 0.314. The maximum Gasteiger partial charge on any atom is 0.136 e. The number of hydrogen-bond acceptors (Lipinski definition) is 3. The van der Waals surface area contributed by atoms with Crippen molar-refractivity contribution >= 4 is 55.5 Å². The minimum Gasteiger partial charge on any atom is -0.456 e. The lowest BCUT2D eigenvalue weighted by atomic mass is 9.93. The zero-order valence-corrected chi connectivity index (χ0v) is 16.4. The Labute approximate surface area is 168 Å². The highest BCUT2D eigenvalue weighted by molar-refractivity contribution is 6.22. The predicted octanol–water partition coefficient (Wildman–Crippen LogP) is 6.75. The SMILES string of the molecule is CC(C)C1N=CN=C1c1ccc2oc3ccc4cc5ccccc5cc4c3c2c1. The van der Waals surface area contributed by atoms with Crippen molar-refractivity contribution in [2.45, 2.75) is 19.9 Å². The predicted molar refractivity (Wildman–Crippen MR) is 122 cm³/mol. The van der Waals surface area contributed by atoms with Gasteiger partial charge in [-0.2, -0.15) is 0 Å². The molecular formula is C26H20N2O. The molecule has 1 aliphatic heterocycles. The van der Waals surface area contributed by atoms with Crippen LogP contribution in [0.1, 0.15) is 19.4 Å². The molecule has 2 heterocycles. The number of nitrogens with zero attached hydrogens (tertiary/aromatic N) is 2. The van der Waals surface area contributed by atoms with Gasteiger partial charge in [0, 0.05) is 10.8 Å². The van der Waals surface area contributed by atoms with E-state index in [0.29, 0.717) is 5.92 Å². The fourth-order valence-corrected chi connectivity index (χ4v) is 4.50. The zero-order valence-electron chi connectivity index (χ0n) is 16.4. The monoisotopic (exact) mass is 376 g/mol. The summed E-state index contributed by atoms with van der Waals surface area (Å²) in [4.78, 5) is 9.13. The Morgan fingerprint density at radius 1 is 0.793 bits per heavy atom. The Morgan fingerprint density at radius 2 is 1.59 bits per heavy atom. The van der Waals surface area contributed by atoms with Gasteiger partial charge in [0.2, 0.25) is 0 Å². The molecule has 5 aromatic rings. The van der Waals surface area contributed by atoms with E-state index in [1.54, 1.807) is 6.34 Å². The van der Waals surface area contributed by atoms with Crippen LogP contribution in [0.4, 0.5) is 0 Å². The first-order valence-corrected chi connectivity index (χ1v) is 10.1. The summed E-state index contributed by atoms with van der Waals surface area (Å²) in [5.41, 5.74) is 3.99. The van der Waals surface area contributed by atoms with Gasteiger partial charge in [0.25, 0.3) is 0 Å². The van der Waals surface area contributed by atoms with Crippen molar-refractivity contribution < 1.29 is 4.42 Å². The minimum absolute atomic E-state index is 0.117. The van der Waals surface area contributed by atoms with E-state index in [1.807, 2.05) is 0 Å². The highest BCUT2D eigenvalue weighted by Gasteiger charge is 2.24. The maximum absolute atomic E-state index is 6.19. The van der Waals surface area contributed by atoms with Crippen molar-refractivity contribution in [2.24, 2.45) is 15.9 Å². The van der Waals surface area contributed by atoms with Gasteiger partial charge in [-0.05, 0) is 69.4 Å². The number of rotatable bonds is 2. The average Bonchev–Trinajstić information content (AvgIpc) is 3.36. The highest BCUT2D eigenvalue weighted by Crippen LogP contribution is 2.37. The van der Waals surface area contributed by atoms with Gasteiger partial charge in [-0.3, -0.25) is 4.99 Å². The van der Waals surface area contributed by atoms with Crippen LogP contribution in [0.15, 0.2) is 81.1 Å². The van der Waals surface area contributed by atoms with Crippen LogP contribution in [0, 0.1) is 5.92 Å². The van der Waals surface area contributed by atoms with Crippen molar-refractivity contribution in [3.8, 4) is 0 Å². The third-order valence-electron chi connectivity index (χ3n) is 5.95. The number of hydrogen-bond donors (Lipinski definition) is 0. The summed E-state index contributed by atoms with van der Waals surface area (Å²) in [6.45, 7) is 4.38. The molecular weight excluding hydrogens is 356 g/mol. The second kappa shape index (κ2) is 6.02. The van der Waals surface area contributed by atoms with Gasteiger partial charge in [-0.1, -0.05) is 44.2 Å². The average molecular weight is 376 g/mol. The molecule has 29 heavy (non-hydrogen) atoms. The molecule has 0 N–H and O–H groups in total. The summed E-state index contributed by atoms with van der Waals surface area (Å²) in [6.07, 6.45) is 1.69.